The zero-order chi connectivity index (χ0) is 12.1. The van der Waals surface area contributed by atoms with Gasteiger partial charge < -0.3 is 10.2 Å². The van der Waals surface area contributed by atoms with Gasteiger partial charge in [-0.2, -0.15) is 0 Å². The van der Waals surface area contributed by atoms with E-state index >= 15 is 0 Å². The second-order valence-corrected chi connectivity index (χ2v) is 4.15. The zero-order valence-corrected chi connectivity index (χ0v) is 9.78. The second-order valence-electron chi connectivity index (χ2n) is 4.15. The third kappa shape index (κ3) is 3.32. The molecule has 16 heavy (non-hydrogen) atoms. The Kier molecular flexibility index (Phi) is 4.46. The van der Waals surface area contributed by atoms with Gasteiger partial charge in [0.2, 0.25) is 11.8 Å². The summed E-state index contributed by atoms with van der Waals surface area (Å²) in [6.07, 6.45) is 1.34. The van der Waals surface area contributed by atoms with Crippen molar-refractivity contribution in [3.8, 4) is 0 Å². The standard InChI is InChI=1S/C11H18N2O3/c1-8(14)7-10(15)13-5-3-9(4-6-13)11(16)12-2/h9H,3-7H2,1-2H3,(H,12,16). The first-order chi connectivity index (χ1) is 7.54. The van der Waals surface area contributed by atoms with E-state index in [4.69, 9.17) is 0 Å². The number of carbonyl (C=O) groups excluding carboxylic acids is 3. The molecular formula is C11H18N2O3. The summed E-state index contributed by atoms with van der Waals surface area (Å²) in [5.41, 5.74) is 0. The van der Waals surface area contributed by atoms with Gasteiger partial charge >= 0.3 is 0 Å². The smallest absolute Gasteiger partial charge is 0.230 e. The lowest BCUT2D eigenvalue weighted by Crippen LogP contribution is -2.42. The van der Waals surface area contributed by atoms with Crippen LogP contribution in [0.2, 0.25) is 0 Å². The fourth-order valence-corrected chi connectivity index (χ4v) is 1.92. The SMILES string of the molecule is CNC(=O)C1CCN(C(=O)CC(C)=O)CC1. The molecule has 1 fully saturated rings. The van der Waals surface area contributed by atoms with Crippen LogP contribution in [0, 0.1) is 5.92 Å². The van der Waals surface area contributed by atoms with Crippen molar-refractivity contribution in [2.24, 2.45) is 5.92 Å². The number of rotatable bonds is 3. The lowest BCUT2D eigenvalue weighted by Gasteiger charge is -2.30. The Morgan fingerprint density at radius 3 is 2.25 bits per heavy atom. The van der Waals surface area contributed by atoms with Crippen LogP contribution >= 0.6 is 0 Å². The number of likely N-dealkylation sites (tertiary alicyclic amines) is 1. The van der Waals surface area contributed by atoms with Crippen LogP contribution in [0.25, 0.3) is 0 Å². The minimum Gasteiger partial charge on any atom is -0.359 e. The number of nitrogens with one attached hydrogen (secondary N) is 1. The van der Waals surface area contributed by atoms with Crippen LogP contribution in [-0.2, 0) is 14.4 Å². The van der Waals surface area contributed by atoms with Crippen molar-refractivity contribution in [2.75, 3.05) is 20.1 Å². The Labute approximate surface area is 95.2 Å². The average Bonchev–Trinajstić information content (AvgIpc) is 2.27. The number of amides is 2. The van der Waals surface area contributed by atoms with Crippen molar-refractivity contribution in [2.45, 2.75) is 26.2 Å². The molecule has 0 radical (unpaired) electrons. The first-order valence-corrected chi connectivity index (χ1v) is 5.53. The zero-order valence-electron chi connectivity index (χ0n) is 9.78. The molecule has 5 nitrogen and oxygen atoms in total. The fraction of sp³-hybridized carbons (Fsp3) is 0.727. The van der Waals surface area contributed by atoms with Gasteiger partial charge in [-0.3, -0.25) is 14.4 Å². The van der Waals surface area contributed by atoms with Crippen LogP contribution in [0.3, 0.4) is 0 Å². The highest BCUT2D eigenvalue weighted by Crippen LogP contribution is 2.17. The number of ketones is 1. The molecule has 0 spiro atoms. The number of piperidine rings is 1. The summed E-state index contributed by atoms with van der Waals surface area (Å²) in [5.74, 6) is -0.189. The van der Waals surface area contributed by atoms with E-state index in [1.807, 2.05) is 0 Å². The molecule has 0 aromatic rings. The molecule has 0 aliphatic carbocycles. The third-order valence-corrected chi connectivity index (χ3v) is 2.87. The van der Waals surface area contributed by atoms with Crippen molar-refractivity contribution in [1.29, 1.82) is 0 Å². The average molecular weight is 226 g/mol. The third-order valence-electron chi connectivity index (χ3n) is 2.87. The van der Waals surface area contributed by atoms with Gasteiger partial charge in [0, 0.05) is 26.1 Å². The van der Waals surface area contributed by atoms with Crippen LogP contribution in [0.4, 0.5) is 0 Å². The van der Waals surface area contributed by atoms with Crippen molar-refractivity contribution >= 4 is 17.6 Å². The Bertz CT molecular complexity index is 294. The lowest BCUT2D eigenvalue weighted by molar-refractivity contribution is -0.138. The Morgan fingerprint density at radius 2 is 1.81 bits per heavy atom. The van der Waals surface area contributed by atoms with E-state index in [-0.39, 0.29) is 29.9 Å². The van der Waals surface area contributed by atoms with Gasteiger partial charge in [0.15, 0.2) is 0 Å². The second kappa shape index (κ2) is 5.63. The Morgan fingerprint density at radius 1 is 1.25 bits per heavy atom. The van der Waals surface area contributed by atoms with Crippen LogP contribution in [-0.4, -0.2) is 42.6 Å². The molecule has 1 aliphatic heterocycles. The van der Waals surface area contributed by atoms with E-state index < -0.39 is 0 Å². The summed E-state index contributed by atoms with van der Waals surface area (Å²) >= 11 is 0. The highest BCUT2D eigenvalue weighted by Gasteiger charge is 2.26. The van der Waals surface area contributed by atoms with Gasteiger partial charge in [-0.15, -0.1) is 0 Å². The summed E-state index contributed by atoms with van der Waals surface area (Å²) in [4.78, 5) is 35.4. The normalized spacial score (nSPS) is 17.0. The maximum absolute atomic E-state index is 11.6. The van der Waals surface area contributed by atoms with Gasteiger partial charge in [-0.25, -0.2) is 0 Å². The first-order valence-electron chi connectivity index (χ1n) is 5.53. The summed E-state index contributed by atoms with van der Waals surface area (Å²) in [7, 11) is 1.62. The molecule has 1 aliphatic rings. The number of carbonyl (C=O) groups is 3. The molecule has 1 heterocycles. The minimum atomic E-state index is -0.122. The van der Waals surface area contributed by atoms with Gasteiger partial charge in [-0.05, 0) is 19.8 Å². The van der Waals surface area contributed by atoms with E-state index in [9.17, 15) is 14.4 Å². The molecule has 0 bridgehead atoms. The van der Waals surface area contributed by atoms with Crippen LogP contribution < -0.4 is 5.32 Å². The first kappa shape index (κ1) is 12.7. The fourth-order valence-electron chi connectivity index (χ4n) is 1.92. The number of Topliss-reactive ketones (excluding diaryl/α,β-unsaturated/α-hetero) is 1. The summed E-state index contributed by atoms with van der Waals surface area (Å²) in [6.45, 7) is 2.56. The van der Waals surface area contributed by atoms with Crippen molar-refractivity contribution in [1.82, 2.24) is 10.2 Å². The Hall–Kier alpha value is -1.39. The van der Waals surface area contributed by atoms with Gasteiger partial charge in [-0.1, -0.05) is 0 Å². The molecule has 1 saturated heterocycles. The maximum atomic E-state index is 11.6. The van der Waals surface area contributed by atoms with Crippen molar-refractivity contribution in [3.63, 3.8) is 0 Å². The molecule has 0 unspecified atom stereocenters. The molecule has 0 aromatic carbocycles. The van der Waals surface area contributed by atoms with Gasteiger partial charge in [0.05, 0.1) is 6.42 Å². The summed E-state index contributed by atoms with van der Waals surface area (Å²) < 4.78 is 0. The Balaban J connectivity index is 2.40. The molecule has 5 heteroatoms. The monoisotopic (exact) mass is 226 g/mol. The van der Waals surface area contributed by atoms with E-state index in [0.717, 1.165) is 0 Å². The summed E-state index contributed by atoms with van der Waals surface area (Å²) in [6, 6.07) is 0. The predicted molar refractivity (Wildman–Crippen MR) is 58.7 cm³/mol. The quantitative estimate of drug-likeness (QED) is 0.686. The van der Waals surface area contributed by atoms with E-state index in [2.05, 4.69) is 5.32 Å². The molecule has 0 aromatic heterocycles. The number of hydrogen-bond donors (Lipinski definition) is 1. The van der Waals surface area contributed by atoms with E-state index in [1.54, 1.807) is 11.9 Å². The van der Waals surface area contributed by atoms with Gasteiger partial charge in [0.25, 0.3) is 0 Å². The highest BCUT2D eigenvalue weighted by atomic mass is 16.2. The highest BCUT2D eigenvalue weighted by molar-refractivity contribution is 5.96. The van der Waals surface area contributed by atoms with E-state index in [0.29, 0.717) is 25.9 Å². The lowest BCUT2D eigenvalue weighted by atomic mass is 9.96. The topological polar surface area (TPSA) is 66.5 Å². The van der Waals surface area contributed by atoms with E-state index in [1.165, 1.54) is 6.92 Å². The van der Waals surface area contributed by atoms with Crippen LogP contribution in [0.15, 0.2) is 0 Å². The summed E-state index contributed by atoms with van der Waals surface area (Å²) in [5, 5.41) is 2.61. The van der Waals surface area contributed by atoms with Crippen molar-refractivity contribution in [3.05, 3.63) is 0 Å². The van der Waals surface area contributed by atoms with Crippen LogP contribution in [0.1, 0.15) is 26.2 Å². The van der Waals surface area contributed by atoms with Gasteiger partial charge in [0.1, 0.15) is 5.78 Å². The largest absolute Gasteiger partial charge is 0.359 e. The molecule has 1 N–H and O–H groups in total. The van der Waals surface area contributed by atoms with Crippen molar-refractivity contribution < 1.29 is 14.4 Å². The molecule has 90 valence electrons. The maximum Gasteiger partial charge on any atom is 0.230 e. The molecular weight excluding hydrogens is 208 g/mol. The molecule has 2 amide bonds. The minimum absolute atomic E-state index is 0.00591. The predicted octanol–water partition coefficient (Wildman–Crippen LogP) is -0.0499. The molecule has 0 saturated carbocycles. The number of hydrogen-bond acceptors (Lipinski definition) is 3. The van der Waals surface area contributed by atoms with Crippen LogP contribution in [0.5, 0.6) is 0 Å². The molecule has 0 atom stereocenters. The molecule has 1 rings (SSSR count). The number of nitrogens with zero attached hydrogens (tertiary/aromatic N) is 1.